The molecule has 1 aromatic rings. The molecule has 0 aromatic heterocycles. The first-order valence-corrected chi connectivity index (χ1v) is 10.8. The number of esters is 1. The van der Waals surface area contributed by atoms with Crippen molar-refractivity contribution in [2.75, 3.05) is 33.0 Å². The molecular weight excluding hydrogens is 493 g/mol. The van der Waals surface area contributed by atoms with E-state index in [1.807, 2.05) is 18.7 Å². The quantitative estimate of drug-likeness (QED) is 0.266. The largest absolute Gasteiger partial charge is 0.469 e. The highest BCUT2D eigenvalue weighted by molar-refractivity contribution is 14.0. The predicted molar refractivity (Wildman–Crippen MR) is 121 cm³/mol. The molecule has 7 nitrogen and oxygen atoms in total. The minimum absolute atomic E-state index is 0. The van der Waals surface area contributed by atoms with Crippen molar-refractivity contribution in [3.05, 3.63) is 30.3 Å². The van der Waals surface area contributed by atoms with Gasteiger partial charge >= 0.3 is 5.97 Å². The van der Waals surface area contributed by atoms with E-state index >= 15 is 0 Å². The Balaban J connectivity index is 0.00000392. The molecule has 28 heavy (non-hydrogen) atoms. The smallest absolute Gasteiger partial charge is 0.310 e. The number of ether oxygens (including phenoxy) is 1. The van der Waals surface area contributed by atoms with Crippen LogP contribution in [0.15, 0.2) is 40.2 Å². The maximum absolute atomic E-state index is 12.7. The summed E-state index contributed by atoms with van der Waals surface area (Å²) in [5, 5.41) is 3.26. The number of nitrogens with zero attached hydrogens (tertiary/aromatic N) is 2. The van der Waals surface area contributed by atoms with Crippen LogP contribution in [0.4, 0.5) is 0 Å². The molecule has 1 N–H and O–H groups in total. The Morgan fingerprint density at radius 2 is 1.96 bits per heavy atom. The fraction of sp³-hybridized carbons (Fsp3) is 0.579. The molecule has 1 aliphatic heterocycles. The van der Waals surface area contributed by atoms with Gasteiger partial charge in [-0.25, -0.2) is 8.42 Å². The van der Waals surface area contributed by atoms with Crippen LogP contribution in [0.1, 0.15) is 20.3 Å². The van der Waals surface area contributed by atoms with E-state index in [0.29, 0.717) is 30.4 Å². The van der Waals surface area contributed by atoms with E-state index in [0.717, 1.165) is 0 Å². The summed E-state index contributed by atoms with van der Waals surface area (Å²) in [6, 6.07) is 8.18. The standard InChI is InChI=1S/C19H29N3O4S.HI/c1-5-15(13-27(24,25)16-9-7-6-8-10-16)21-19(20-3)22-11-14(2)17(12-22)18(23)26-4;/h6-10,14-15,17H,5,11-13H2,1-4H3,(H,20,21);1H. The Hall–Kier alpha value is -1.36. The predicted octanol–water partition coefficient (Wildman–Crippen LogP) is 2.17. The maximum atomic E-state index is 12.7. The number of aliphatic imine (C=N–C) groups is 1. The van der Waals surface area contributed by atoms with Crippen molar-refractivity contribution in [1.82, 2.24) is 10.2 Å². The summed E-state index contributed by atoms with van der Waals surface area (Å²) in [6.45, 7) is 5.12. The molecule has 1 heterocycles. The fourth-order valence-electron chi connectivity index (χ4n) is 3.33. The number of methoxy groups -OCH3 is 1. The first-order chi connectivity index (χ1) is 12.8. The van der Waals surface area contributed by atoms with Crippen molar-refractivity contribution in [2.24, 2.45) is 16.8 Å². The molecule has 1 aliphatic rings. The van der Waals surface area contributed by atoms with Crippen LogP contribution in [0.2, 0.25) is 0 Å². The van der Waals surface area contributed by atoms with Gasteiger partial charge in [0.25, 0.3) is 0 Å². The number of sulfone groups is 1. The second-order valence-electron chi connectivity index (χ2n) is 6.90. The number of guanidine groups is 1. The third-order valence-electron chi connectivity index (χ3n) is 4.98. The van der Waals surface area contributed by atoms with Crippen molar-refractivity contribution >= 4 is 45.7 Å². The van der Waals surface area contributed by atoms with Crippen LogP contribution in [-0.4, -0.2) is 64.3 Å². The molecule has 0 radical (unpaired) electrons. The Bertz CT molecular complexity index is 771. The van der Waals surface area contributed by atoms with Gasteiger partial charge < -0.3 is 15.0 Å². The van der Waals surface area contributed by atoms with Gasteiger partial charge in [0.05, 0.1) is 23.7 Å². The van der Waals surface area contributed by atoms with Crippen molar-refractivity contribution < 1.29 is 17.9 Å². The van der Waals surface area contributed by atoms with Crippen LogP contribution in [0, 0.1) is 11.8 Å². The van der Waals surface area contributed by atoms with Gasteiger partial charge in [-0.1, -0.05) is 32.0 Å². The average Bonchev–Trinajstić information content (AvgIpc) is 3.06. The SMILES string of the molecule is CCC(CS(=O)(=O)c1ccccc1)NC(=NC)N1CC(C)C(C(=O)OC)C1.I. The lowest BCUT2D eigenvalue weighted by Gasteiger charge is -2.26. The van der Waals surface area contributed by atoms with Crippen LogP contribution >= 0.6 is 24.0 Å². The third kappa shape index (κ3) is 6.07. The van der Waals surface area contributed by atoms with Crippen molar-refractivity contribution in [1.29, 1.82) is 0 Å². The first kappa shape index (κ1) is 24.7. The number of benzene rings is 1. The third-order valence-corrected chi connectivity index (χ3v) is 6.81. The number of carbonyl (C=O) groups excluding carboxylic acids is 1. The summed E-state index contributed by atoms with van der Waals surface area (Å²) in [5.74, 6) is 0.310. The number of carbonyl (C=O) groups is 1. The molecule has 158 valence electrons. The van der Waals surface area contributed by atoms with Crippen LogP contribution in [0.5, 0.6) is 0 Å². The van der Waals surface area contributed by atoms with Gasteiger partial charge in [0.2, 0.25) is 0 Å². The summed E-state index contributed by atoms with van der Waals surface area (Å²) in [7, 11) is -0.339. The van der Waals surface area contributed by atoms with Gasteiger partial charge in [-0.05, 0) is 24.5 Å². The monoisotopic (exact) mass is 523 g/mol. The average molecular weight is 523 g/mol. The van der Waals surface area contributed by atoms with Crippen LogP contribution in [0.3, 0.4) is 0 Å². The second kappa shape index (κ2) is 11.0. The molecular formula is C19H30IN3O4S. The van der Waals surface area contributed by atoms with E-state index in [1.165, 1.54) is 7.11 Å². The summed E-state index contributed by atoms with van der Waals surface area (Å²) in [5.41, 5.74) is 0. The number of rotatable bonds is 6. The molecule has 1 saturated heterocycles. The number of nitrogens with one attached hydrogen (secondary N) is 1. The lowest BCUT2D eigenvalue weighted by molar-refractivity contribution is -0.145. The second-order valence-corrected chi connectivity index (χ2v) is 8.94. The van der Waals surface area contributed by atoms with Gasteiger partial charge in [0, 0.05) is 26.2 Å². The molecule has 0 amide bonds. The molecule has 0 aliphatic carbocycles. The van der Waals surface area contributed by atoms with E-state index in [4.69, 9.17) is 4.74 Å². The van der Waals surface area contributed by atoms with Gasteiger partial charge in [-0.3, -0.25) is 9.79 Å². The highest BCUT2D eigenvalue weighted by Crippen LogP contribution is 2.24. The van der Waals surface area contributed by atoms with E-state index in [2.05, 4.69) is 10.3 Å². The highest BCUT2D eigenvalue weighted by atomic mass is 127. The summed E-state index contributed by atoms with van der Waals surface area (Å²) >= 11 is 0. The number of likely N-dealkylation sites (tertiary alicyclic amines) is 1. The lowest BCUT2D eigenvalue weighted by Crippen LogP contribution is -2.47. The summed E-state index contributed by atoms with van der Waals surface area (Å²) < 4.78 is 30.2. The number of hydrogen-bond acceptors (Lipinski definition) is 5. The summed E-state index contributed by atoms with van der Waals surface area (Å²) in [4.78, 5) is 18.5. The van der Waals surface area contributed by atoms with Crippen molar-refractivity contribution in [3.8, 4) is 0 Å². The fourth-order valence-corrected chi connectivity index (χ4v) is 4.94. The Morgan fingerprint density at radius 3 is 2.50 bits per heavy atom. The molecule has 1 aromatic carbocycles. The topological polar surface area (TPSA) is 88.1 Å². The normalized spacial score (nSPS) is 21.0. The van der Waals surface area contributed by atoms with E-state index in [9.17, 15) is 13.2 Å². The Morgan fingerprint density at radius 1 is 1.32 bits per heavy atom. The summed E-state index contributed by atoms with van der Waals surface area (Å²) in [6.07, 6.45) is 0.634. The zero-order chi connectivity index (χ0) is 20.0. The zero-order valence-corrected chi connectivity index (χ0v) is 19.9. The zero-order valence-electron chi connectivity index (χ0n) is 16.8. The minimum Gasteiger partial charge on any atom is -0.469 e. The van der Waals surface area contributed by atoms with E-state index < -0.39 is 9.84 Å². The molecule has 1 fully saturated rings. The minimum atomic E-state index is -3.40. The van der Waals surface area contributed by atoms with Crippen LogP contribution in [0.25, 0.3) is 0 Å². The Labute approximate surface area is 184 Å². The molecule has 0 bridgehead atoms. The molecule has 3 atom stereocenters. The van der Waals surface area contributed by atoms with E-state index in [-0.39, 0.29) is 53.6 Å². The number of hydrogen-bond donors (Lipinski definition) is 1. The molecule has 9 heteroatoms. The van der Waals surface area contributed by atoms with Gasteiger partial charge in [0.1, 0.15) is 0 Å². The van der Waals surface area contributed by atoms with E-state index in [1.54, 1.807) is 37.4 Å². The molecule has 2 rings (SSSR count). The molecule has 0 spiro atoms. The molecule has 0 saturated carbocycles. The van der Waals surface area contributed by atoms with Crippen molar-refractivity contribution in [3.63, 3.8) is 0 Å². The van der Waals surface area contributed by atoms with Crippen LogP contribution in [-0.2, 0) is 19.4 Å². The first-order valence-electron chi connectivity index (χ1n) is 9.16. The van der Waals surface area contributed by atoms with Crippen LogP contribution < -0.4 is 5.32 Å². The lowest BCUT2D eigenvalue weighted by atomic mass is 9.99. The van der Waals surface area contributed by atoms with Crippen molar-refractivity contribution in [2.45, 2.75) is 31.2 Å². The molecule has 3 unspecified atom stereocenters. The number of halogens is 1. The van der Waals surface area contributed by atoms with Gasteiger partial charge in [-0.15, -0.1) is 24.0 Å². The van der Waals surface area contributed by atoms with Gasteiger partial charge in [-0.2, -0.15) is 0 Å². The Kier molecular flexibility index (Phi) is 9.68. The maximum Gasteiger partial charge on any atom is 0.310 e. The van der Waals surface area contributed by atoms with Gasteiger partial charge in [0.15, 0.2) is 15.8 Å². The highest BCUT2D eigenvalue weighted by Gasteiger charge is 2.37.